The molecule has 6 heteroatoms. The number of rotatable bonds is 4. The van der Waals surface area contributed by atoms with E-state index < -0.39 is 0 Å². The third kappa shape index (κ3) is 3.42. The van der Waals surface area contributed by atoms with Gasteiger partial charge in [-0.3, -0.25) is 16.3 Å². The topological polar surface area (TPSA) is 50.9 Å². The Morgan fingerprint density at radius 2 is 2.11 bits per heavy atom. The second-order valence-electron chi connectivity index (χ2n) is 4.03. The van der Waals surface area contributed by atoms with E-state index in [1.807, 2.05) is 0 Å². The van der Waals surface area contributed by atoms with Crippen LogP contribution in [0.2, 0.25) is 10.0 Å². The molecule has 1 aromatic carbocycles. The predicted molar refractivity (Wildman–Crippen MR) is 74.4 cm³/mol. The molecule has 0 saturated carbocycles. The Balaban J connectivity index is 2.27. The minimum absolute atomic E-state index is 0.330. The van der Waals surface area contributed by atoms with Gasteiger partial charge in [0.25, 0.3) is 0 Å². The number of nitrogens with zero attached hydrogens (tertiary/aromatic N) is 1. The Labute approximate surface area is 120 Å². The lowest BCUT2D eigenvalue weighted by Crippen LogP contribution is -2.30. The van der Waals surface area contributed by atoms with E-state index in [1.54, 1.807) is 30.5 Å². The van der Waals surface area contributed by atoms with Crippen LogP contribution in [0.25, 0.3) is 0 Å². The molecule has 3 nitrogen and oxygen atoms in total. The van der Waals surface area contributed by atoms with E-state index in [2.05, 4.69) is 10.4 Å². The number of hydrogen-bond donors (Lipinski definition) is 2. The molecular formula is C13H12Cl2FN3. The van der Waals surface area contributed by atoms with Crippen molar-refractivity contribution >= 4 is 23.2 Å². The zero-order valence-electron chi connectivity index (χ0n) is 9.91. The molecular weight excluding hydrogens is 288 g/mol. The Hall–Kier alpha value is -1.20. The molecule has 0 aliphatic rings. The minimum atomic E-state index is -0.375. The smallest absolute Gasteiger partial charge is 0.127 e. The lowest BCUT2D eigenvalue weighted by molar-refractivity contribution is 0.519. The maximum atomic E-state index is 13.8. The van der Waals surface area contributed by atoms with Crippen LogP contribution in [-0.2, 0) is 6.42 Å². The highest BCUT2D eigenvalue weighted by atomic mass is 35.5. The summed E-state index contributed by atoms with van der Waals surface area (Å²) in [5.41, 5.74) is 3.68. The van der Waals surface area contributed by atoms with Gasteiger partial charge in [-0.2, -0.15) is 0 Å². The lowest BCUT2D eigenvalue weighted by Gasteiger charge is -2.17. The molecule has 0 aliphatic heterocycles. The fraction of sp³-hybridized carbons (Fsp3) is 0.154. The van der Waals surface area contributed by atoms with Gasteiger partial charge in [0.05, 0.1) is 16.8 Å². The summed E-state index contributed by atoms with van der Waals surface area (Å²) in [6.07, 6.45) is 1.94. The third-order valence-corrected chi connectivity index (χ3v) is 3.31. The average molecular weight is 300 g/mol. The van der Waals surface area contributed by atoms with Gasteiger partial charge in [0, 0.05) is 11.2 Å². The first-order chi connectivity index (χ1) is 9.11. The first-order valence-corrected chi connectivity index (χ1v) is 6.38. The van der Waals surface area contributed by atoms with Crippen LogP contribution in [0.5, 0.6) is 0 Å². The third-order valence-electron chi connectivity index (χ3n) is 2.76. The van der Waals surface area contributed by atoms with Gasteiger partial charge in [-0.25, -0.2) is 4.39 Å². The van der Waals surface area contributed by atoms with Gasteiger partial charge in [-0.15, -0.1) is 0 Å². The van der Waals surface area contributed by atoms with Crippen molar-refractivity contribution in [3.8, 4) is 0 Å². The fourth-order valence-corrected chi connectivity index (χ4v) is 2.21. The molecule has 1 unspecified atom stereocenters. The summed E-state index contributed by atoms with van der Waals surface area (Å²) >= 11 is 11.8. The summed E-state index contributed by atoms with van der Waals surface area (Å²) in [6.45, 7) is 0. The molecule has 0 saturated heterocycles. The molecule has 0 amide bonds. The minimum Gasteiger partial charge on any atom is -0.271 e. The average Bonchev–Trinajstić information content (AvgIpc) is 2.39. The van der Waals surface area contributed by atoms with E-state index in [4.69, 9.17) is 29.0 Å². The Bertz CT molecular complexity index is 578. The number of pyridine rings is 1. The van der Waals surface area contributed by atoms with Crippen molar-refractivity contribution in [2.24, 2.45) is 5.84 Å². The second kappa shape index (κ2) is 6.30. The molecule has 100 valence electrons. The largest absolute Gasteiger partial charge is 0.271 e. The monoisotopic (exact) mass is 299 g/mol. The number of benzene rings is 1. The van der Waals surface area contributed by atoms with Crippen molar-refractivity contribution in [2.45, 2.75) is 12.5 Å². The van der Waals surface area contributed by atoms with E-state index in [0.717, 1.165) is 0 Å². The Morgan fingerprint density at radius 1 is 1.32 bits per heavy atom. The molecule has 0 fully saturated rings. The maximum Gasteiger partial charge on any atom is 0.127 e. The first-order valence-electron chi connectivity index (χ1n) is 5.62. The highest BCUT2D eigenvalue weighted by Crippen LogP contribution is 2.25. The van der Waals surface area contributed by atoms with Crippen molar-refractivity contribution in [3.63, 3.8) is 0 Å². The SMILES string of the molecule is NNC(Cc1ccc(Cl)cc1F)c1ncccc1Cl. The standard InChI is InChI=1S/C13H12Cl2FN3/c14-9-4-3-8(11(16)7-9)6-12(19-17)13-10(15)2-1-5-18-13/h1-5,7,12,19H,6,17H2. The molecule has 2 aromatic rings. The molecule has 0 bridgehead atoms. The van der Waals surface area contributed by atoms with Gasteiger partial charge in [-0.1, -0.05) is 29.3 Å². The lowest BCUT2D eigenvalue weighted by atomic mass is 10.0. The molecule has 3 N–H and O–H groups in total. The van der Waals surface area contributed by atoms with Crippen molar-refractivity contribution in [3.05, 3.63) is 63.6 Å². The van der Waals surface area contributed by atoms with Crippen LogP contribution in [0.1, 0.15) is 17.3 Å². The number of aromatic nitrogens is 1. The summed E-state index contributed by atoms with van der Waals surface area (Å²) in [7, 11) is 0. The van der Waals surface area contributed by atoms with E-state index in [0.29, 0.717) is 27.7 Å². The van der Waals surface area contributed by atoms with Crippen molar-refractivity contribution in [1.29, 1.82) is 0 Å². The molecule has 1 atom stereocenters. The summed E-state index contributed by atoms with van der Waals surface area (Å²) < 4.78 is 13.8. The molecule has 19 heavy (non-hydrogen) atoms. The fourth-order valence-electron chi connectivity index (χ4n) is 1.80. The highest BCUT2D eigenvalue weighted by molar-refractivity contribution is 6.31. The molecule has 0 radical (unpaired) electrons. The number of hydrogen-bond acceptors (Lipinski definition) is 3. The zero-order chi connectivity index (χ0) is 13.8. The molecule has 0 aliphatic carbocycles. The molecule has 0 spiro atoms. The van der Waals surface area contributed by atoms with Gasteiger partial charge in [0.2, 0.25) is 0 Å². The summed E-state index contributed by atoms with van der Waals surface area (Å²) in [5, 5.41) is 0.842. The Morgan fingerprint density at radius 3 is 2.74 bits per heavy atom. The summed E-state index contributed by atoms with van der Waals surface area (Å²) in [4.78, 5) is 4.17. The van der Waals surface area contributed by atoms with E-state index in [9.17, 15) is 4.39 Å². The summed E-state index contributed by atoms with van der Waals surface area (Å²) in [5.74, 6) is 5.13. The van der Waals surface area contributed by atoms with Crippen LogP contribution < -0.4 is 11.3 Å². The van der Waals surface area contributed by atoms with Gasteiger partial charge in [-0.05, 0) is 36.2 Å². The molecule has 1 heterocycles. The van der Waals surface area contributed by atoms with Crippen LogP contribution >= 0.6 is 23.2 Å². The second-order valence-corrected chi connectivity index (χ2v) is 4.87. The van der Waals surface area contributed by atoms with Gasteiger partial charge >= 0.3 is 0 Å². The maximum absolute atomic E-state index is 13.8. The van der Waals surface area contributed by atoms with Crippen LogP contribution in [0.3, 0.4) is 0 Å². The highest BCUT2D eigenvalue weighted by Gasteiger charge is 2.17. The summed E-state index contributed by atoms with van der Waals surface area (Å²) in [6, 6.07) is 7.59. The zero-order valence-corrected chi connectivity index (χ0v) is 11.4. The Kier molecular flexibility index (Phi) is 4.71. The van der Waals surface area contributed by atoms with Crippen LogP contribution in [0.4, 0.5) is 4.39 Å². The predicted octanol–water partition coefficient (Wildman–Crippen LogP) is 3.27. The quantitative estimate of drug-likeness (QED) is 0.673. The van der Waals surface area contributed by atoms with Crippen LogP contribution in [0.15, 0.2) is 36.5 Å². The number of halogens is 3. The van der Waals surface area contributed by atoms with E-state index in [-0.39, 0.29) is 11.9 Å². The van der Waals surface area contributed by atoms with Gasteiger partial charge < -0.3 is 0 Å². The van der Waals surface area contributed by atoms with Crippen molar-refractivity contribution in [2.75, 3.05) is 0 Å². The number of nitrogens with one attached hydrogen (secondary N) is 1. The van der Waals surface area contributed by atoms with Gasteiger partial charge in [0.15, 0.2) is 0 Å². The van der Waals surface area contributed by atoms with E-state index >= 15 is 0 Å². The van der Waals surface area contributed by atoms with Crippen LogP contribution in [0, 0.1) is 5.82 Å². The first kappa shape index (κ1) is 14.2. The van der Waals surface area contributed by atoms with Crippen molar-refractivity contribution in [1.82, 2.24) is 10.4 Å². The normalized spacial score (nSPS) is 12.4. The van der Waals surface area contributed by atoms with Gasteiger partial charge in [0.1, 0.15) is 5.82 Å². The molecule has 2 rings (SSSR count). The number of hydrazine groups is 1. The number of nitrogens with two attached hydrogens (primary N) is 1. The van der Waals surface area contributed by atoms with Crippen LogP contribution in [-0.4, -0.2) is 4.98 Å². The molecule has 1 aromatic heterocycles. The van der Waals surface area contributed by atoms with Crippen molar-refractivity contribution < 1.29 is 4.39 Å². The van der Waals surface area contributed by atoms with E-state index in [1.165, 1.54) is 6.07 Å².